The highest BCUT2D eigenvalue weighted by Crippen LogP contribution is 2.17. The maximum atomic E-state index is 12.9. The van der Waals surface area contributed by atoms with Gasteiger partial charge < -0.3 is 10.6 Å². The molecule has 0 aromatic heterocycles. The molecule has 0 bridgehead atoms. The van der Waals surface area contributed by atoms with Crippen molar-refractivity contribution in [2.24, 2.45) is 5.73 Å². The highest BCUT2D eigenvalue weighted by molar-refractivity contribution is 5.46. The van der Waals surface area contributed by atoms with Crippen LogP contribution in [0.15, 0.2) is 24.3 Å². The molecule has 4 heteroatoms. The molecular formula is C15H24FN3. The fourth-order valence-corrected chi connectivity index (χ4v) is 2.43. The summed E-state index contributed by atoms with van der Waals surface area (Å²) in [5.74, 6) is -0.170. The first-order chi connectivity index (χ1) is 9.19. The Kier molecular flexibility index (Phi) is 5.16. The van der Waals surface area contributed by atoms with Crippen LogP contribution in [0, 0.1) is 5.82 Å². The van der Waals surface area contributed by atoms with Gasteiger partial charge in [0.05, 0.1) is 0 Å². The van der Waals surface area contributed by atoms with Gasteiger partial charge in [-0.3, -0.25) is 4.90 Å². The number of benzene rings is 1. The van der Waals surface area contributed by atoms with Gasteiger partial charge in [0.25, 0.3) is 0 Å². The summed E-state index contributed by atoms with van der Waals surface area (Å²) in [6, 6.07) is 7.11. The van der Waals surface area contributed by atoms with Crippen molar-refractivity contribution in [3.05, 3.63) is 30.1 Å². The molecule has 1 fully saturated rings. The van der Waals surface area contributed by atoms with Crippen molar-refractivity contribution in [3.8, 4) is 0 Å². The van der Waals surface area contributed by atoms with Gasteiger partial charge in [0.2, 0.25) is 0 Å². The Hall–Kier alpha value is -1.13. The summed E-state index contributed by atoms with van der Waals surface area (Å²) in [5.41, 5.74) is 7.07. The van der Waals surface area contributed by atoms with Crippen LogP contribution in [0.3, 0.4) is 0 Å². The molecule has 1 unspecified atom stereocenters. The minimum absolute atomic E-state index is 0.170. The fourth-order valence-electron chi connectivity index (χ4n) is 2.43. The maximum absolute atomic E-state index is 12.9. The molecule has 1 aliphatic heterocycles. The molecule has 1 atom stereocenters. The third-order valence-corrected chi connectivity index (χ3v) is 3.90. The van der Waals surface area contributed by atoms with Gasteiger partial charge in [-0.1, -0.05) is 6.92 Å². The van der Waals surface area contributed by atoms with Gasteiger partial charge in [0.1, 0.15) is 5.82 Å². The second-order valence-corrected chi connectivity index (χ2v) is 5.26. The third-order valence-electron chi connectivity index (χ3n) is 3.90. The standard InChI is InChI=1S/C15H24FN3/c1-2-14(17)7-8-18-9-11-19(12-10-18)15-5-3-13(16)4-6-15/h3-6,14H,2,7-12,17H2,1H3. The molecule has 0 radical (unpaired) electrons. The first-order valence-electron chi connectivity index (χ1n) is 7.17. The van der Waals surface area contributed by atoms with E-state index in [-0.39, 0.29) is 5.82 Å². The van der Waals surface area contributed by atoms with Crippen LogP contribution in [0.2, 0.25) is 0 Å². The minimum Gasteiger partial charge on any atom is -0.369 e. The predicted octanol–water partition coefficient (Wildman–Crippen LogP) is 2.08. The summed E-state index contributed by atoms with van der Waals surface area (Å²) in [5, 5.41) is 0. The lowest BCUT2D eigenvalue weighted by Gasteiger charge is -2.36. The molecule has 1 aromatic carbocycles. The number of nitrogens with two attached hydrogens (primary N) is 1. The third kappa shape index (κ3) is 4.18. The van der Waals surface area contributed by atoms with Crippen LogP contribution >= 0.6 is 0 Å². The van der Waals surface area contributed by atoms with E-state index in [2.05, 4.69) is 16.7 Å². The van der Waals surface area contributed by atoms with Gasteiger partial charge in [-0.2, -0.15) is 0 Å². The normalized spacial score (nSPS) is 18.6. The molecule has 3 nitrogen and oxygen atoms in total. The SMILES string of the molecule is CCC(N)CCN1CCN(c2ccc(F)cc2)CC1. The minimum atomic E-state index is -0.170. The molecule has 1 heterocycles. The number of hydrogen-bond acceptors (Lipinski definition) is 3. The Labute approximate surface area is 115 Å². The summed E-state index contributed by atoms with van der Waals surface area (Å²) in [7, 11) is 0. The van der Waals surface area contributed by atoms with E-state index < -0.39 is 0 Å². The van der Waals surface area contributed by atoms with Gasteiger partial charge in [-0.05, 0) is 43.7 Å². The zero-order chi connectivity index (χ0) is 13.7. The molecule has 1 aromatic rings. The molecule has 0 amide bonds. The maximum Gasteiger partial charge on any atom is 0.123 e. The molecular weight excluding hydrogens is 241 g/mol. The molecule has 2 rings (SSSR count). The van der Waals surface area contributed by atoms with Gasteiger partial charge in [-0.15, -0.1) is 0 Å². The highest BCUT2D eigenvalue weighted by atomic mass is 19.1. The monoisotopic (exact) mass is 265 g/mol. The number of piperazine rings is 1. The van der Waals surface area contributed by atoms with Crippen LogP contribution in [-0.2, 0) is 0 Å². The second-order valence-electron chi connectivity index (χ2n) is 5.26. The summed E-state index contributed by atoms with van der Waals surface area (Å²) < 4.78 is 12.9. The van der Waals surface area contributed by atoms with E-state index >= 15 is 0 Å². The van der Waals surface area contributed by atoms with Gasteiger partial charge in [-0.25, -0.2) is 4.39 Å². The number of hydrogen-bond donors (Lipinski definition) is 1. The first-order valence-corrected chi connectivity index (χ1v) is 7.17. The zero-order valence-electron chi connectivity index (χ0n) is 11.7. The van der Waals surface area contributed by atoms with Gasteiger partial charge in [0, 0.05) is 37.9 Å². The number of halogens is 1. The summed E-state index contributed by atoms with van der Waals surface area (Å²) >= 11 is 0. The summed E-state index contributed by atoms with van der Waals surface area (Å²) in [6.07, 6.45) is 2.13. The molecule has 0 saturated carbocycles. The largest absolute Gasteiger partial charge is 0.369 e. The Morgan fingerprint density at radius 1 is 1.16 bits per heavy atom. The summed E-state index contributed by atoms with van der Waals surface area (Å²) in [6.45, 7) is 7.37. The quantitative estimate of drug-likeness (QED) is 0.884. The molecule has 0 aliphatic carbocycles. The summed E-state index contributed by atoms with van der Waals surface area (Å²) in [4.78, 5) is 4.78. The topological polar surface area (TPSA) is 32.5 Å². The smallest absolute Gasteiger partial charge is 0.123 e. The van der Waals surface area contributed by atoms with Crippen LogP contribution in [0.4, 0.5) is 10.1 Å². The van der Waals surface area contributed by atoms with E-state index in [1.807, 2.05) is 12.1 Å². The van der Waals surface area contributed by atoms with Crippen LogP contribution in [0.25, 0.3) is 0 Å². The molecule has 1 saturated heterocycles. The molecule has 19 heavy (non-hydrogen) atoms. The lowest BCUT2D eigenvalue weighted by molar-refractivity contribution is 0.247. The number of nitrogens with zero attached hydrogens (tertiary/aromatic N) is 2. The molecule has 0 spiro atoms. The zero-order valence-corrected chi connectivity index (χ0v) is 11.7. The Balaban J connectivity index is 1.77. The lowest BCUT2D eigenvalue weighted by atomic mass is 10.1. The number of rotatable bonds is 5. The van der Waals surface area contributed by atoms with Crippen LogP contribution in [0.5, 0.6) is 0 Å². The van der Waals surface area contributed by atoms with Gasteiger partial charge in [0.15, 0.2) is 0 Å². The van der Waals surface area contributed by atoms with Crippen molar-refractivity contribution in [2.45, 2.75) is 25.8 Å². The Morgan fingerprint density at radius 2 is 1.79 bits per heavy atom. The van der Waals surface area contributed by atoms with Crippen LogP contribution in [0.1, 0.15) is 19.8 Å². The highest BCUT2D eigenvalue weighted by Gasteiger charge is 2.17. The van der Waals surface area contributed by atoms with Crippen molar-refractivity contribution < 1.29 is 4.39 Å². The van der Waals surface area contributed by atoms with Crippen molar-refractivity contribution >= 4 is 5.69 Å². The van der Waals surface area contributed by atoms with Crippen molar-refractivity contribution in [1.29, 1.82) is 0 Å². The van der Waals surface area contributed by atoms with E-state index in [1.165, 1.54) is 12.1 Å². The first kappa shape index (κ1) is 14.3. The molecule has 106 valence electrons. The van der Waals surface area contributed by atoms with E-state index in [9.17, 15) is 4.39 Å². The average molecular weight is 265 g/mol. The van der Waals surface area contributed by atoms with Crippen LogP contribution in [-0.4, -0.2) is 43.7 Å². The van der Waals surface area contributed by atoms with E-state index in [0.717, 1.165) is 51.3 Å². The lowest BCUT2D eigenvalue weighted by Crippen LogP contribution is -2.47. The second kappa shape index (κ2) is 6.87. The fraction of sp³-hybridized carbons (Fsp3) is 0.600. The molecule has 2 N–H and O–H groups in total. The number of anilines is 1. The van der Waals surface area contributed by atoms with Crippen molar-refractivity contribution in [1.82, 2.24) is 4.90 Å². The van der Waals surface area contributed by atoms with Crippen molar-refractivity contribution in [2.75, 3.05) is 37.6 Å². The van der Waals surface area contributed by atoms with E-state index in [0.29, 0.717) is 6.04 Å². The molecule has 1 aliphatic rings. The predicted molar refractivity (Wildman–Crippen MR) is 77.9 cm³/mol. The van der Waals surface area contributed by atoms with Crippen LogP contribution < -0.4 is 10.6 Å². The van der Waals surface area contributed by atoms with Gasteiger partial charge >= 0.3 is 0 Å². The average Bonchev–Trinajstić information content (AvgIpc) is 2.46. The Morgan fingerprint density at radius 3 is 2.37 bits per heavy atom. The Bertz CT molecular complexity index is 371. The van der Waals surface area contributed by atoms with E-state index in [4.69, 9.17) is 5.73 Å². The van der Waals surface area contributed by atoms with E-state index in [1.54, 1.807) is 0 Å². The van der Waals surface area contributed by atoms with Crippen molar-refractivity contribution in [3.63, 3.8) is 0 Å².